The highest BCUT2D eigenvalue weighted by molar-refractivity contribution is 7.89. The van der Waals surface area contributed by atoms with E-state index < -0.39 is 10.0 Å². The molecular weight excluding hydrogens is 418 g/mol. The summed E-state index contributed by atoms with van der Waals surface area (Å²) in [4.78, 5) is 23.7. The molecule has 31 heavy (non-hydrogen) atoms. The second-order valence-corrected chi connectivity index (χ2v) is 9.83. The third-order valence-corrected chi connectivity index (χ3v) is 5.95. The number of hydrogen-bond acceptors (Lipinski definition) is 5. The minimum absolute atomic E-state index is 0.0517. The lowest BCUT2D eigenvalue weighted by Gasteiger charge is -2.19. The van der Waals surface area contributed by atoms with E-state index in [1.807, 2.05) is 0 Å². The first kappa shape index (κ1) is 24.4. The fraction of sp³-hybridized carbons (Fsp3) is 0.364. The second kappa shape index (κ2) is 9.93. The zero-order chi connectivity index (χ0) is 23.2. The third-order valence-electron chi connectivity index (χ3n) is 4.47. The van der Waals surface area contributed by atoms with Gasteiger partial charge in [-0.3, -0.25) is 9.59 Å². The predicted octanol–water partition coefficient (Wildman–Crippen LogP) is 3.26. The first-order valence-corrected chi connectivity index (χ1v) is 11.3. The van der Waals surface area contributed by atoms with E-state index in [-0.39, 0.29) is 35.1 Å². The minimum atomic E-state index is -3.71. The van der Waals surface area contributed by atoms with Crippen LogP contribution in [-0.4, -0.2) is 33.9 Å². The molecule has 0 heterocycles. The van der Waals surface area contributed by atoms with Crippen molar-refractivity contribution < 1.29 is 22.7 Å². The average Bonchev–Trinajstić information content (AvgIpc) is 2.67. The molecule has 0 saturated heterocycles. The molecule has 0 saturated carbocycles. The topological polar surface area (TPSA) is 114 Å². The van der Waals surface area contributed by atoms with E-state index in [1.165, 1.54) is 14.0 Å². The van der Waals surface area contributed by atoms with Gasteiger partial charge in [0.15, 0.2) is 0 Å². The fourth-order valence-corrected chi connectivity index (χ4v) is 3.84. The van der Waals surface area contributed by atoms with Crippen LogP contribution in [0.2, 0.25) is 0 Å². The molecule has 0 unspecified atom stereocenters. The predicted molar refractivity (Wildman–Crippen MR) is 121 cm³/mol. The maximum absolute atomic E-state index is 12.5. The van der Waals surface area contributed by atoms with Gasteiger partial charge in [0.05, 0.1) is 17.7 Å². The summed E-state index contributed by atoms with van der Waals surface area (Å²) in [6, 6.07) is 11.5. The molecule has 8 nitrogen and oxygen atoms in total. The summed E-state index contributed by atoms with van der Waals surface area (Å²) in [7, 11) is -2.24. The lowest BCUT2D eigenvalue weighted by atomic mass is 9.87. The number of ether oxygens (including phenoxy) is 1. The monoisotopic (exact) mass is 447 g/mol. The van der Waals surface area contributed by atoms with Gasteiger partial charge in [0.1, 0.15) is 5.75 Å². The van der Waals surface area contributed by atoms with Crippen LogP contribution in [0.25, 0.3) is 0 Å². The highest BCUT2D eigenvalue weighted by atomic mass is 32.2. The normalized spacial score (nSPS) is 11.6. The van der Waals surface area contributed by atoms with Gasteiger partial charge in [0.2, 0.25) is 21.8 Å². The van der Waals surface area contributed by atoms with E-state index in [0.717, 1.165) is 5.56 Å². The quantitative estimate of drug-likeness (QED) is 0.575. The van der Waals surface area contributed by atoms with Crippen molar-refractivity contribution in [3.63, 3.8) is 0 Å². The Morgan fingerprint density at radius 1 is 1.00 bits per heavy atom. The Bertz CT molecular complexity index is 1040. The number of methoxy groups -OCH3 is 1. The van der Waals surface area contributed by atoms with Crippen molar-refractivity contribution >= 4 is 33.2 Å². The van der Waals surface area contributed by atoms with Gasteiger partial charge in [-0.25, -0.2) is 13.1 Å². The van der Waals surface area contributed by atoms with E-state index in [9.17, 15) is 18.0 Å². The Labute approximate surface area is 183 Å². The maximum atomic E-state index is 12.5. The standard InChI is InChI=1S/C22H29N3O5S/c1-15(26)24-19-14-17(8-11-20(19)30-5)25-21(27)12-13-23-31(28,29)18-9-6-16(7-10-18)22(2,3)4/h6-11,14,23H,12-13H2,1-5H3,(H,24,26)(H,25,27). The number of benzene rings is 2. The SMILES string of the molecule is COc1ccc(NC(=O)CCNS(=O)(=O)c2ccc(C(C)(C)C)cc2)cc1NC(C)=O. The van der Waals surface area contributed by atoms with Gasteiger partial charge < -0.3 is 15.4 Å². The van der Waals surface area contributed by atoms with Crippen molar-refractivity contribution in [1.29, 1.82) is 0 Å². The molecule has 0 aromatic heterocycles. The average molecular weight is 448 g/mol. The van der Waals surface area contributed by atoms with Gasteiger partial charge in [0.25, 0.3) is 0 Å². The molecule has 0 aliphatic heterocycles. The van der Waals surface area contributed by atoms with Crippen LogP contribution in [0.3, 0.4) is 0 Å². The maximum Gasteiger partial charge on any atom is 0.240 e. The lowest BCUT2D eigenvalue weighted by Crippen LogP contribution is -2.28. The van der Waals surface area contributed by atoms with Crippen LogP contribution < -0.4 is 20.1 Å². The molecule has 168 valence electrons. The van der Waals surface area contributed by atoms with Crippen LogP contribution in [0.4, 0.5) is 11.4 Å². The molecular formula is C22H29N3O5S. The number of anilines is 2. The first-order valence-electron chi connectivity index (χ1n) is 9.78. The molecule has 0 bridgehead atoms. The summed E-state index contributed by atoms with van der Waals surface area (Å²) < 4.78 is 32.5. The van der Waals surface area contributed by atoms with Crippen molar-refractivity contribution in [2.45, 2.75) is 44.4 Å². The minimum Gasteiger partial charge on any atom is -0.495 e. The summed E-state index contributed by atoms with van der Waals surface area (Å²) in [5.41, 5.74) is 1.83. The van der Waals surface area contributed by atoms with E-state index in [1.54, 1.807) is 42.5 Å². The number of carbonyl (C=O) groups excluding carboxylic acids is 2. The summed E-state index contributed by atoms with van der Waals surface area (Å²) in [6.07, 6.45) is -0.0548. The Morgan fingerprint density at radius 3 is 2.19 bits per heavy atom. The Morgan fingerprint density at radius 2 is 1.65 bits per heavy atom. The van der Waals surface area contributed by atoms with E-state index in [2.05, 4.69) is 36.1 Å². The highest BCUT2D eigenvalue weighted by Crippen LogP contribution is 2.28. The van der Waals surface area contributed by atoms with Crippen LogP contribution in [0.15, 0.2) is 47.4 Å². The number of amides is 2. The number of nitrogens with one attached hydrogen (secondary N) is 3. The van der Waals surface area contributed by atoms with Crippen LogP contribution >= 0.6 is 0 Å². The summed E-state index contributed by atoms with van der Waals surface area (Å²) in [6.45, 7) is 7.47. The number of carbonyl (C=O) groups is 2. The number of hydrogen-bond donors (Lipinski definition) is 3. The van der Waals surface area contributed by atoms with Crippen molar-refractivity contribution in [2.75, 3.05) is 24.3 Å². The molecule has 3 N–H and O–H groups in total. The fourth-order valence-electron chi connectivity index (χ4n) is 2.81. The second-order valence-electron chi connectivity index (χ2n) is 8.07. The Balaban J connectivity index is 1.95. The molecule has 2 aromatic carbocycles. The highest BCUT2D eigenvalue weighted by Gasteiger charge is 2.18. The molecule has 0 atom stereocenters. The van der Waals surface area contributed by atoms with Crippen LogP contribution in [0.1, 0.15) is 39.7 Å². The lowest BCUT2D eigenvalue weighted by molar-refractivity contribution is -0.116. The third kappa shape index (κ3) is 7.08. The van der Waals surface area contributed by atoms with Gasteiger partial charge in [-0.2, -0.15) is 0 Å². The first-order chi connectivity index (χ1) is 14.4. The van der Waals surface area contributed by atoms with Gasteiger partial charge in [0, 0.05) is 25.6 Å². The van der Waals surface area contributed by atoms with Gasteiger partial charge in [-0.05, 0) is 41.3 Å². The smallest absolute Gasteiger partial charge is 0.240 e. The molecule has 0 aliphatic rings. The molecule has 0 aliphatic carbocycles. The molecule has 9 heteroatoms. The summed E-state index contributed by atoms with van der Waals surface area (Å²) in [5, 5.41) is 5.30. The van der Waals surface area contributed by atoms with Gasteiger partial charge in [-0.15, -0.1) is 0 Å². The number of rotatable bonds is 8. The molecule has 2 amide bonds. The van der Waals surface area contributed by atoms with Crippen LogP contribution in [0.5, 0.6) is 5.75 Å². The van der Waals surface area contributed by atoms with Gasteiger partial charge in [-0.1, -0.05) is 32.9 Å². The Hall–Kier alpha value is -2.91. The molecule has 2 aromatic rings. The molecule has 0 radical (unpaired) electrons. The van der Waals surface area contributed by atoms with Crippen molar-refractivity contribution in [1.82, 2.24) is 4.72 Å². The molecule has 0 spiro atoms. The molecule has 0 fully saturated rings. The van der Waals surface area contributed by atoms with Crippen LogP contribution in [0, 0.1) is 0 Å². The van der Waals surface area contributed by atoms with Crippen molar-refractivity contribution in [3.8, 4) is 5.75 Å². The van der Waals surface area contributed by atoms with E-state index in [4.69, 9.17) is 4.74 Å². The Kier molecular flexibility index (Phi) is 7.80. The van der Waals surface area contributed by atoms with Gasteiger partial charge >= 0.3 is 0 Å². The summed E-state index contributed by atoms with van der Waals surface area (Å²) in [5.74, 6) is -0.185. The van der Waals surface area contributed by atoms with Crippen LogP contribution in [-0.2, 0) is 25.0 Å². The van der Waals surface area contributed by atoms with Crippen molar-refractivity contribution in [2.24, 2.45) is 0 Å². The largest absolute Gasteiger partial charge is 0.495 e. The van der Waals surface area contributed by atoms with Crippen molar-refractivity contribution in [3.05, 3.63) is 48.0 Å². The summed E-state index contributed by atoms with van der Waals surface area (Å²) >= 11 is 0. The zero-order valence-electron chi connectivity index (χ0n) is 18.4. The number of sulfonamides is 1. The van der Waals surface area contributed by atoms with E-state index in [0.29, 0.717) is 17.1 Å². The zero-order valence-corrected chi connectivity index (χ0v) is 19.2. The van der Waals surface area contributed by atoms with E-state index >= 15 is 0 Å². The molecule has 2 rings (SSSR count).